The van der Waals surface area contributed by atoms with Crippen LogP contribution >= 0.6 is 15.9 Å². The lowest BCUT2D eigenvalue weighted by atomic mass is 9.59. The maximum absolute atomic E-state index is 13.5. The monoisotopic (exact) mass is 569 g/mol. The highest BCUT2D eigenvalue weighted by Gasteiger charge is 2.56. The molecular formula is C27H24BrNO8. The molecule has 0 spiro atoms. The number of aromatic hydroxyl groups is 1. The Morgan fingerprint density at radius 2 is 1.89 bits per heavy atom. The van der Waals surface area contributed by atoms with Crippen LogP contribution in [0.15, 0.2) is 51.0 Å². The Kier molecular flexibility index (Phi) is 6.18. The molecule has 5 rings (SSSR count). The number of benzene rings is 1. The summed E-state index contributed by atoms with van der Waals surface area (Å²) in [4.78, 5) is 65.3. The highest BCUT2D eigenvalue weighted by molar-refractivity contribution is 9.10. The summed E-state index contributed by atoms with van der Waals surface area (Å²) in [5.41, 5.74) is 1.86. The van der Waals surface area contributed by atoms with E-state index in [0.717, 1.165) is 4.90 Å². The normalized spacial score (nSPS) is 26.9. The van der Waals surface area contributed by atoms with Crippen LogP contribution in [-0.2, 0) is 24.0 Å². The lowest BCUT2D eigenvalue weighted by Gasteiger charge is -2.42. The summed E-state index contributed by atoms with van der Waals surface area (Å²) in [5.74, 6) is -5.50. The number of methoxy groups -OCH3 is 1. The molecule has 0 bridgehead atoms. The number of nitrogens with zero attached hydrogens (tertiary/aromatic N) is 1. The number of rotatable bonds is 5. The second-order valence-electron chi connectivity index (χ2n) is 9.75. The Balaban J connectivity index is 1.67. The van der Waals surface area contributed by atoms with Gasteiger partial charge in [0.25, 0.3) is 0 Å². The van der Waals surface area contributed by atoms with Gasteiger partial charge >= 0.3 is 5.97 Å². The minimum atomic E-state index is -1.12. The number of carboxylic acid groups (broad SMARTS) is 1. The van der Waals surface area contributed by atoms with Gasteiger partial charge < -0.3 is 14.9 Å². The van der Waals surface area contributed by atoms with Crippen LogP contribution in [0.2, 0.25) is 0 Å². The van der Waals surface area contributed by atoms with Crippen LogP contribution < -0.4 is 4.74 Å². The van der Waals surface area contributed by atoms with Crippen molar-refractivity contribution in [3.63, 3.8) is 0 Å². The van der Waals surface area contributed by atoms with Gasteiger partial charge in [0.2, 0.25) is 11.8 Å². The number of carbonyl (C=O) groups is 5. The van der Waals surface area contributed by atoms with Gasteiger partial charge in [0, 0.05) is 39.2 Å². The molecule has 1 aromatic rings. The molecule has 1 fully saturated rings. The van der Waals surface area contributed by atoms with Crippen molar-refractivity contribution in [2.45, 2.75) is 32.1 Å². The Morgan fingerprint density at radius 1 is 1.16 bits per heavy atom. The van der Waals surface area contributed by atoms with Gasteiger partial charge in [-0.2, -0.15) is 0 Å². The number of ketones is 2. The van der Waals surface area contributed by atoms with E-state index in [2.05, 4.69) is 15.9 Å². The van der Waals surface area contributed by atoms with E-state index in [1.54, 1.807) is 19.1 Å². The summed E-state index contributed by atoms with van der Waals surface area (Å²) in [7, 11) is 1.40. The van der Waals surface area contributed by atoms with Crippen LogP contribution in [0.5, 0.6) is 11.5 Å². The minimum absolute atomic E-state index is 0.103. The predicted octanol–water partition coefficient (Wildman–Crippen LogP) is 3.07. The van der Waals surface area contributed by atoms with Crippen molar-refractivity contribution in [3.8, 4) is 11.5 Å². The number of phenols is 1. The van der Waals surface area contributed by atoms with Gasteiger partial charge in [-0.25, -0.2) is 0 Å². The van der Waals surface area contributed by atoms with Gasteiger partial charge in [0.05, 0.1) is 25.4 Å². The van der Waals surface area contributed by atoms with Gasteiger partial charge in [-0.15, -0.1) is 0 Å². The predicted molar refractivity (Wildman–Crippen MR) is 133 cm³/mol. The summed E-state index contributed by atoms with van der Waals surface area (Å²) in [5, 5.41) is 20.2. The fraction of sp³-hybridized carbons (Fsp3) is 0.370. The van der Waals surface area contributed by atoms with Crippen molar-refractivity contribution in [2.75, 3.05) is 13.7 Å². The molecule has 4 aliphatic rings. The van der Waals surface area contributed by atoms with Gasteiger partial charge in [-0.3, -0.25) is 28.9 Å². The summed E-state index contributed by atoms with van der Waals surface area (Å²) in [6.45, 7) is 1.34. The first-order chi connectivity index (χ1) is 17.5. The van der Waals surface area contributed by atoms with E-state index in [4.69, 9.17) is 9.84 Å². The molecule has 2 N–H and O–H groups in total. The zero-order valence-electron chi connectivity index (χ0n) is 20.1. The zero-order chi connectivity index (χ0) is 26.8. The standard InChI is InChI=1S/C27H24BrNO8/c1-11-7-18(30)23-17(24(11)33)10-15-13(21(23)16-8-12(28)9-19(37-2)25(16)34)3-4-14-22(15)27(36)29(26(14)35)6-5-20(31)32/h3,7-9,14-15,21-22,34H,4-6,10H2,1-2H3,(H,31,32). The van der Waals surface area contributed by atoms with Crippen molar-refractivity contribution in [1.82, 2.24) is 4.90 Å². The van der Waals surface area contributed by atoms with Crippen LogP contribution in [0.4, 0.5) is 0 Å². The second kappa shape index (κ2) is 9.09. The number of allylic oxidation sites excluding steroid dienone is 6. The van der Waals surface area contributed by atoms with Crippen molar-refractivity contribution >= 4 is 45.3 Å². The molecule has 1 saturated heterocycles. The lowest BCUT2D eigenvalue weighted by molar-refractivity contribution is -0.142. The average Bonchev–Trinajstić information content (AvgIpc) is 3.10. The number of hydrogen-bond acceptors (Lipinski definition) is 7. The minimum Gasteiger partial charge on any atom is -0.504 e. The number of halogens is 1. The van der Waals surface area contributed by atoms with E-state index in [0.29, 0.717) is 15.6 Å². The molecule has 1 aromatic carbocycles. The number of imide groups is 1. The second-order valence-corrected chi connectivity index (χ2v) is 10.7. The fourth-order valence-electron chi connectivity index (χ4n) is 6.20. The van der Waals surface area contributed by atoms with E-state index < -0.39 is 41.5 Å². The van der Waals surface area contributed by atoms with E-state index in [1.165, 1.54) is 13.2 Å². The molecule has 192 valence electrons. The van der Waals surface area contributed by atoms with Gasteiger partial charge in [-0.05, 0) is 43.9 Å². The quantitative estimate of drug-likeness (QED) is 0.313. The Labute approximate surface area is 220 Å². The molecule has 2 amide bonds. The number of ether oxygens (including phenoxy) is 1. The first kappa shape index (κ1) is 25.1. The molecule has 3 aliphatic carbocycles. The Bertz CT molecular complexity index is 1390. The van der Waals surface area contributed by atoms with Crippen LogP contribution in [0.1, 0.15) is 37.7 Å². The number of amides is 2. The van der Waals surface area contributed by atoms with E-state index >= 15 is 0 Å². The van der Waals surface area contributed by atoms with Crippen LogP contribution in [0.25, 0.3) is 0 Å². The number of fused-ring (bicyclic) bond motifs is 3. The SMILES string of the molecule is COc1cc(Br)cc(C2C3=CCC4C(=O)N(CCC(=O)O)C(=O)C4C3CC3=C2C(=O)C=C(C)C3=O)c1O. The maximum atomic E-state index is 13.5. The first-order valence-electron chi connectivity index (χ1n) is 11.9. The van der Waals surface area contributed by atoms with Crippen LogP contribution in [-0.4, -0.2) is 58.1 Å². The number of hydrogen-bond donors (Lipinski definition) is 2. The largest absolute Gasteiger partial charge is 0.504 e. The smallest absolute Gasteiger partial charge is 0.305 e. The third kappa shape index (κ3) is 3.85. The summed E-state index contributed by atoms with van der Waals surface area (Å²) in [6, 6.07) is 3.24. The highest BCUT2D eigenvalue weighted by atomic mass is 79.9. The molecule has 0 aromatic heterocycles. The molecule has 4 atom stereocenters. The highest BCUT2D eigenvalue weighted by Crippen LogP contribution is 2.57. The molecule has 0 radical (unpaired) electrons. The van der Waals surface area contributed by atoms with E-state index in [1.807, 2.05) is 6.08 Å². The van der Waals surface area contributed by atoms with Gasteiger partial charge in [-0.1, -0.05) is 27.6 Å². The molecular weight excluding hydrogens is 546 g/mol. The summed E-state index contributed by atoms with van der Waals surface area (Å²) in [6.07, 6.45) is 3.11. The number of carbonyl (C=O) groups excluding carboxylic acids is 4. The molecule has 1 heterocycles. The van der Waals surface area contributed by atoms with Gasteiger partial charge in [0.15, 0.2) is 23.1 Å². The number of aliphatic carboxylic acids is 1. The van der Waals surface area contributed by atoms with Crippen molar-refractivity contribution in [3.05, 3.63) is 56.6 Å². The molecule has 10 heteroatoms. The molecule has 4 unspecified atom stereocenters. The van der Waals surface area contributed by atoms with Crippen molar-refractivity contribution in [2.24, 2.45) is 17.8 Å². The Morgan fingerprint density at radius 3 is 2.57 bits per heavy atom. The Hall–Kier alpha value is -3.53. The summed E-state index contributed by atoms with van der Waals surface area (Å²) >= 11 is 3.42. The third-order valence-corrected chi connectivity index (χ3v) is 8.26. The van der Waals surface area contributed by atoms with Crippen molar-refractivity contribution < 1.29 is 38.9 Å². The van der Waals surface area contributed by atoms with Crippen LogP contribution in [0.3, 0.4) is 0 Å². The topological polar surface area (TPSA) is 138 Å². The van der Waals surface area contributed by atoms with Crippen molar-refractivity contribution in [1.29, 1.82) is 0 Å². The number of likely N-dealkylation sites (tertiary alicyclic amines) is 1. The maximum Gasteiger partial charge on any atom is 0.305 e. The van der Waals surface area contributed by atoms with Gasteiger partial charge in [0.1, 0.15) is 0 Å². The average molecular weight is 570 g/mol. The van der Waals surface area contributed by atoms with E-state index in [-0.39, 0.29) is 65.6 Å². The van der Waals surface area contributed by atoms with Crippen LogP contribution in [0, 0.1) is 17.8 Å². The number of phenolic OH excluding ortho intramolecular Hbond substituents is 1. The molecule has 0 saturated carbocycles. The van der Waals surface area contributed by atoms with E-state index in [9.17, 15) is 29.1 Å². The lowest BCUT2D eigenvalue weighted by Crippen LogP contribution is -2.40. The molecule has 1 aliphatic heterocycles. The molecule has 37 heavy (non-hydrogen) atoms. The number of Topliss-reactive ketones (excluding diaryl/α,β-unsaturated/α-hetero) is 1. The number of carboxylic acids is 1. The zero-order valence-corrected chi connectivity index (χ0v) is 21.7. The first-order valence-corrected chi connectivity index (χ1v) is 12.7. The third-order valence-electron chi connectivity index (χ3n) is 7.80. The summed E-state index contributed by atoms with van der Waals surface area (Å²) < 4.78 is 5.91. The fourth-order valence-corrected chi connectivity index (χ4v) is 6.66. The molecule has 9 nitrogen and oxygen atoms in total.